The van der Waals surface area contributed by atoms with Gasteiger partial charge in [-0.1, -0.05) is 26.0 Å². The van der Waals surface area contributed by atoms with E-state index in [0.29, 0.717) is 11.3 Å². The fourth-order valence-electron chi connectivity index (χ4n) is 1.88. The van der Waals surface area contributed by atoms with Gasteiger partial charge in [0, 0.05) is 17.5 Å². The molecule has 3 N–H and O–H groups in total. The zero-order valence-corrected chi connectivity index (χ0v) is 13.7. The fourth-order valence-corrected chi connectivity index (χ4v) is 1.88. The Kier molecular flexibility index (Phi) is 6.68. The Bertz CT molecular complexity index is 717. The predicted molar refractivity (Wildman–Crippen MR) is 88.2 cm³/mol. The van der Waals surface area contributed by atoms with Crippen LogP contribution in [0.2, 0.25) is 0 Å². The highest BCUT2D eigenvalue weighted by Gasteiger charge is 2.20. The summed E-state index contributed by atoms with van der Waals surface area (Å²) in [6.45, 7) is 4.82. The zero-order valence-electron chi connectivity index (χ0n) is 13.7. The van der Waals surface area contributed by atoms with E-state index < -0.39 is 17.9 Å². The molecule has 0 spiro atoms. The van der Waals surface area contributed by atoms with Crippen molar-refractivity contribution < 1.29 is 19.5 Å². The molecule has 1 unspecified atom stereocenters. The van der Waals surface area contributed by atoms with E-state index in [2.05, 4.69) is 10.6 Å². The molecule has 0 aliphatic heterocycles. The van der Waals surface area contributed by atoms with Crippen LogP contribution in [0, 0.1) is 17.2 Å². The topological polar surface area (TPSA) is 119 Å². The average Bonchev–Trinajstić information content (AvgIpc) is 2.50. The predicted octanol–water partition coefficient (Wildman–Crippen LogP) is 1.93. The highest BCUT2D eigenvalue weighted by molar-refractivity contribution is 6.07. The number of Topliss-reactive ketones (excluding diaryl/α,β-unsaturated/α-hetero) is 1. The van der Waals surface area contributed by atoms with Crippen LogP contribution in [0.1, 0.15) is 31.1 Å². The third-order valence-corrected chi connectivity index (χ3v) is 3.23. The molecule has 1 aromatic carbocycles. The molecular weight excluding hydrogens is 310 g/mol. The van der Waals surface area contributed by atoms with Crippen LogP contribution >= 0.6 is 0 Å². The Hall–Kier alpha value is -3.14. The van der Waals surface area contributed by atoms with Crippen LogP contribution in [0.3, 0.4) is 0 Å². The van der Waals surface area contributed by atoms with Crippen molar-refractivity contribution in [1.82, 2.24) is 5.32 Å². The van der Waals surface area contributed by atoms with Gasteiger partial charge in [0.25, 0.3) is 5.91 Å². The second-order valence-corrected chi connectivity index (χ2v) is 5.49. The number of rotatable bonds is 7. The van der Waals surface area contributed by atoms with Gasteiger partial charge in [-0.05, 0) is 25.0 Å². The third-order valence-electron chi connectivity index (χ3n) is 3.23. The summed E-state index contributed by atoms with van der Waals surface area (Å²) in [5.41, 5.74) is 0.529. The zero-order chi connectivity index (χ0) is 18.3. The monoisotopic (exact) mass is 329 g/mol. The van der Waals surface area contributed by atoms with Crippen molar-refractivity contribution in [3.8, 4) is 6.07 Å². The van der Waals surface area contributed by atoms with Crippen LogP contribution in [0.5, 0.6) is 0 Å². The molecule has 1 rings (SSSR count). The molecule has 0 saturated heterocycles. The number of aliphatic carboxylic acids is 1. The largest absolute Gasteiger partial charge is 0.480 e. The molecule has 1 aromatic rings. The maximum Gasteiger partial charge on any atom is 0.326 e. The van der Waals surface area contributed by atoms with Gasteiger partial charge in [0.15, 0.2) is 5.78 Å². The Morgan fingerprint density at radius 1 is 1.29 bits per heavy atom. The molecule has 0 radical (unpaired) electrons. The molecule has 1 amide bonds. The Labute approximate surface area is 140 Å². The van der Waals surface area contributed by atoms with E-state index in [1.165, 1.54) is 13.0 Å². The second kappa shape index (κ2) is 8.48. The van der Waals surface area contributed by atoms with E-state index in [1.807, 2.05) is 0 Å². The van der Waals surface area contributed by atoms with Gasteiger partial charge in [0.1, 0.15) is 17.7 Å². The van der Waals surface area contributed by atoms with Gasteiger partial charge in [0.05, 0.1) is 0 Å². The van der Waals surface area contributed by atoms with E-state index in [9.17, 15) is 14.4 Å². The van der Waals surface area contributed by atoms with Gasteiger partial charge < -0.3 is 15.7 Å². The Morgan fingerprint density at radius 2 is 1.96 bits per heavy atom. The fraction of sp³-hybridized carbons (Fsp3) is 0.294. The first-order chi connectivity index (χ1) is 11.3. The summed E-state index contributed by atoms with van der Waals surface area (Å²) in [5, 5.41) is 23.2. The molecule has 0 bridgehead atoms. The van der Waals surface area contributed by atoms with Crippen molar-refractivity contribution in [2.45, 2.75) is 26.8 Å². The summed E-state index contributed by atoms with van der Waals surface area (Å²) in [4.78, 5) is 34.5. The van der Waals surface area contributed by atoms with E-state index in [1.54, 1.807) is 38.1 Å². The number of carboxylic acid groups (broad SMARTS) is 1. The molecule has 0 fully saturated rings. The van der Waals surface area contributed by atoms with E-state index in [4.69, 9.17) is 10.4 Å². The minimum atomic E-state index is -1.08. The highest BCUT2D eigenvalue weighted by Crippen LogP contribution is 2.12. The first-order valence-corrected chi connectivity index (χ1v) is 7.27. The summed E-state index contributed by atoms with van der Waals surface area (Å²) >= 11 is 0. The molecule has 0 aliphatic carbocycles. The SMILES string of the molecule is CC(=O)c1cccc(NC(=O)/C(C#N)=C\NC(C(=O)O)C(C)C)c1. The summed E-state index contributed by atoms with van der Waals surface area (Å²) in [5.74, 6) is -2.15. The van der Waals surface area contributed by atoms with E-state index in [-0.39, 0.29) is 17.3 Å². The molecule has 1 atom stereocenters. The number of hydrogen-bond donors (Lipinski definition) is 3. The van der Waals surface area contributed by atoms with Crippen molar-refractivity contribution >= 4 is 23.3 Å². The molecule has 24 heavy (non-hydrogen) atoms. The summed E-state index contributed by atoms with van der Waals surface area (Å²) in [6, 6.07) is 7.11. The van der Waals surface area contributed by atoms with E-state index >= 15 is 0 Å². The molecule has 7 heteroatoms. The molecule has 0 aliphatic rings. The van der Waals surface area contributed by atoms with Gasteiger partial charge in [-0.25, -0.2) is 4.79 Å². The maximum absolute atomic E-state index is 12.1. The first-order valence-electron chi connectivity index (χ1n) is 7.27. The average molecular weight is 329 g/mol. The van der Waals surface area contributed by atoms with E-state index in [0.717, 1.165) is 6.20 Å². The number of nitrogens with zero attached hydrogens (tertiary/aromatic N) is 1. The van der Waals surface area contributed by atoms with Gasteiger partial charge in [-0.2, -0.15) is 5.26 Å². The van der Waals surface area contributed by atoms with Crippen molar-refractivity contribution in [2.24, 2.45) is 5.92 Å². The number of carboxylic acids is 1. The lowest BCUT2D eigenvalue weighted by molar-refractivity contribution is -0.140. The quantitative estimate of drug-likeness (QED) is 0.399. The molecule has 7 nitrogen and oxygen atoms in total. The van der Waals surface area contributed by atoms with Gasteiger partial charge in [-0.15, -0.1) is 0 Å². The number of ketones is 1. The highest BCUT2D eigenvalue weighted by atomic mass is 16.4. The lowest BCUT2D eigenvalue weighted by Gasteiger charge is -2.16. The smallest absolute Gasteiger partial charge is 0.326 e. The van der Waals surface area contributed by atoms with Gasteiger partial charge in [-0.3, -0.25) is 9.59 Å². The lowest BCUT2D eigenvalue weighted by atomic mass is 10.1. The lowest BCUT2D eigenvalue weighted by Crippen LogP contribution is -2.38. The Balaban J connectivity index is 2.89. The van der Waals surface area contributed by atoms with Gasteiger partial charge >= 0.3 is 5.97 Å². The number of nitriles is 1. The van der Waals surface area contributed by atoms with Crippen molar-refractivity contribution in [3.63, 3.8) is 0 Å². The standard InChI is InChI=1S/C17H19N3O4/c1-10(2)15(17(23)24)19-9-13(8-18)16(22)20-14-6-4-5-12(7-14)11(3)21/h4-7,9-10,15,19H,1-3H3,(H,20,22)(H,23,24)/b13-9-. The van der Waals surface area contributed by atoms with Crippen LogP contribution in [0.4, 0.5) is 5.69 Å². The normalized spacial score (nSPS) is 12.2. The molecule has 0 saturated carbocycles. The number of carbonyl (C=O) groups excluding carboxylic acids is 2. The molecule has 126 valence electrons. The summed E-state index contributed by atoms with van der Waals surface area (Å²) < 4.78 is 0. The minimum Gasteiger partial charge on any atom is -0.480 e. The second-order valence-electron chi connectivity index (χ2n) is 5.49. The number of amides is 1. The number of anilines is 1. The summed E-state index contributed by atoms with van der Waals surface area (Å²) in [6.07, 6.45) is 1.09. The minimum absolute atomic E-state index is 0.148. The molecule has 0 heterocycles. The number of carbonyl (C=O) groups is 3. The van der Waals surface area contributed by atoms with Crippen molar-refractivity contribution in [1.29, 1.82) is 5.26 Å². The number of benzene rings is 1. The third kappa shape index (κ3) is 5.25. The van der Waals surface area contributed by atoms with Crippen molar-refractivity contribution in [2.75, 3.05) is 5.32 Å². The molecular formula is C17H19N3O4. The molecule has 0 aromatic heterocycles. The van der Waals surface area contributed by atoms with Crippen LogP contribution in [-0.4, -0.2) is 28.8 Å². The van der Waals surface area contributed by atoms with Crippen LogP contribution in [0.15, 0.2) is 36.0 Å². The van der Waals surface area contributed by atoms with Gasteiger partial charge in [0.2, 0.25) is 0 Å². The number of hydrogen-bond acceptors (Lipinski definition) is 5. The Morgan fingerprint density at radius 3 is 2.46 bits per heavy atom. The first kappa shape index (κ1) is 18.9. The number of nitrogens with one attached hydrogen (secondary N) is 2. The maximum atomic E-state index is 12.1. The van der Waals surface area contributed by atoms with Crippen LogP contribution in [-0.2, 0) is 9.59 Å². The summed E-state index contributed by atoms with van der Waals surface area (Å²) in [7, 11) is 0. The van der Waals surface area contributed by atoms with Crippen molar-refractivity contribution in [3.05, 3.63) is 41.6 Å². The van der Waals surface area contributed by atoms with Crippen LogP contribution < -0.4 is 10.6 Å². The van der Waals surface area contributed by atoms with Crippen LogP contribution in [0.25, 0.3) is 0 Å².